The van der Waals surface area contributed by atoms with Gasteiger partial charge in [0.2, 0.25) is 0 Å². The molecule has 1 unspecified atom stereocenters. The predicted molar refractivity (Wildman–Crippen MR) is 66.3 cm³/mol. The van der Waals surface area contributed by atoms with E-state index in [2.05, 4.69) is 26.1 Å². The number of hydrogen-bond acceptors (Lipinski definition) is 2. The van der Waals surface area contributed by atoms with E-state index in [0.717, 1.165) is 5.69 Å². The molecule has 0 spiro atoms. The molecule has 2 N–H and O–H groups in total. The van der Waals surface area contributed by atoms with Crippen LogP contribution in [-0.2, 0) is 0 Å². The number of carboxylic acid groups (broad SMARTS) is 1. The monoisotopic (exact) mass is 241 g/mol. The van der Waals surface area contributed by atoms with Crippen LogP contribution in [-0.4, -0.2) is 17.1 Å². The molecule has 4 heteroatoms. The Balaban J connectivity index is 2.91. The molecule has 1 rings (SSSR count). The fourth-order valence-corrected chi connectivity index (χ4v) is 1.41. The second-order valence-corrected chi connectivity index (χ2v) is 4.58. The van der Waals surface area contributed by atoms with Gasteiger partial charge >= 0.3 is 5.97 Å². The largest absolute Gasteiger partial charge is 0.478 e. The minimum Gasteiger partial charge on any atom is -0.478 e. The zero-order chi connectivity index (χ0) is 12.3. The lowest BCUT2D eigenvalue weighted by atomic mass is 10.1. The molecule has 1 aromatic rings. The Bertz CT molecular complexity index is 391. The molecule has 0 fully saturated rings. The summed E-state index contributed by atoms with van der Waals surface area (Å²) < 4.78 is 0. The van der Waals surface area contributed by atoms with Gasteiger partial charge < -0.3 is 10.4 Å². The first-order valence-electron chi connectivity index (χ1n) is 5.21. The molecule has 3 nitrogen and oxygen atoms in total. The number of benzene rings is 1. The number of rotatable bonds is 4. The Hall–Kier alpha value is -1.22. The van der Waals surface area contributed by atoms with Gasteiger partial charge in [0.05, 0.1) is 10.6 Å². The van der Waals surface area contributed by atoms with Crippen molar-refractivity contribution in [2.45, 2.75) is 26.8 Å². The van der Waals surface area contributed by atoms with E-state index in [1.54, 1.807) is 18.2 Å². The van der Waals surface area contributed by atoms with Crippen LogP contribution in [0.3, 0.4) is 0 Å². The lowest BCUT2D eigenvalue weighted by Gasteiger charge is -2.19. The third-order valence-electron chi connectivity index (χ3n) is 2.59. The first-order chi connectivity index (χ1) is 7.41. The molecule has 0 saturated heterocycles. The topological polar surface area (TPSA) is 49.3 Å². The number of halogens is 1. The molecule has 0 aliphatic heterocycles. The van der Waals surface area contributed by atoms with Crippen LogP contribution in [0.15, 0.2) is 18.2 Å². The van der Waals surface area contributed by atoms with Crippen molar-refractivity contribution < 1.29 is 9.90 Å². The zero-order valence-corrected chi connectivity index (χ0v) is 10.4. The lowest BCUT2D eigenvalue weighted by molar-refractivity contribution is 0.0697. The molecule has 16 heavy (non-hydrogen) atoms. The summed E-state index contributed by atoms with van der Waals surface area (Å²) in [4.78, 5) is 10.9. The molecule has 0 bridgehead atoms. The normalized spacial score (nSPS) is 12.6. The summed E-state index contributed by atoms with van der Waals surface area (Å²) in [5, 5.41) is 12.4. The van der Waals surface area contributed by atoms with E-state index in [9.17, 15) is 4.79 Å². The molecule has 0 radical (unpaired) electrons. The minimum atomic E-state index is -1.01. The second-order valence-electron chi connectivity index (χ2n) is 4.18. The van der Waals surface area contributed by atoms with E-state index in [4.69, 9.17) is 16.7 Å². The van der Waals surface area contributed by atoms with Crippen molar-refractivity contribution in [2.75, 3.05) is 5.32 Å². The van der Waals surface area contributed by atoms with E-state index < -0.39 is 5.97 Å². The molecular weight excluding hydrogens is 226 g/mol. The molecule has 88 valence electrons. The second kappa shape index (κ2) is 5.21. The lowest BCUT2D eigenvalue weighted by Crippen LogP contribution is -2.21. The maximum absolute atomic E-state index is 10.9. The van der Waals surface area contributed by atoms with Crippen LogP contribution >= 0.6 is 11.6 Å². The molecule has 1 atom stereocenters. The highest BCUT2D eigenvalue weighted by molar-refractivity contribution is 6.33. The Labute approximate surface area is 100 Å². The van der Waals surface area contributed by atoms with Crippen LogP contribution in [0.25, 0.3) is 0 Å². The van der Waals surface area contributed by atoms with E-state index in [-0.39, 0.29) is 16.6 Å². The maximum Gasteiger partial charge on any atom is 0.337 e. The predicted octanol–water partition coefficient (Wildman–Crippen LogP) is 3.49. The highest BCUT2D eigenvalue weighted by Crippen LogP contribution is 2.21. The molecule has 1 aromatic carbocycles. The van der Waals surface area contributed by atoms with Gasteiger partial charge in [-0.3, -0.25) is 0 Å². The summed E-state index contributed by atoms with van der Waals surface area (Å²) in [6, 6.07) is 5.22. The van der Waals surface area contributed by atoms with Crippen molar-refractivity contribution in [3.63, 3.8) is 0 Å². The van der Waals surface area contributed by atoms with Crippen molar-refractivity contribution in [3.05, 3.63) is 28.8 Å². The average Bonchev–Trinajstić information content (AvgIpc) is 2.20. The third-order valence-corrected chi connectivity index (χ3v) is 2.92. The van der Waals surface area contributed by atoms with Crippen molar-refractivity contribution in [1.82, 2.24) is 0 Å². The van der Waals surface area contributed by atoms with E-state index in [1.165, 1.54) is 0 Å². The molecule has 0 aliphatic rings. The molecule has 0 heterocycles. The number of carbonyl (C=O) groups is 1. The Morgan fingerprint density at radius 2 is 2.00 bits per heavy atom. The zero-order valence-electron chi connectivity index (χ0n) is 9.62. The van der Waals surface area contributed by atoms with Gasteiger partial charge in [-0.25, -0.2) is 4.79 Å². The minimum absolute atomic E-state index is 0.127. The summed E-state index contributed by atoms with van der Waals surface area (Å²) in [5.74, 6) is -0.533. The van der Waals surface area contributed by atoms with E-state index in [0.29, 0.717) is 5.92 Å². The fraction of sp³-hybridized carbons (Fsp3) is 0.417. The third kappa shape index (κ3) is 3.14. The van der Waals surface area contributed by atoms with Gasteiger partial charge in [-0.1, -0.05) is 25.4 Å². The van der Waals surface area contributed by atoms with Crippen LogP contribution < -0.4 is 5.32 Å². The van der Waals surface area contributed by atoms with Crippen LogP contribution in [0.5, 0.6) is 0 Å². The van der Waals surface area contributed by atoms with Gasteiger partial charge in [0.15, 0.2) is 0 Å². The first kappa shape index (κ1) is 12.8. The van der Waals surface area contributed by atoms with Crippen molar-refractivity contribution in [1.29, 1.82) is 0 Å². The standard InChI is InChI=1S/C12H16ClNO2/c1-7(2)8(3)14-9-4-5-11(13)10(6-9)12(15)16/h4-8,14H,1-3H3,(H,15,16). The van der Waals surface area contributed by atoms with Crippen molar-refractivity contribution in [3.8, 4) is 0 Å². The average molecular weight is 242 g/mol. The van der Waals surface area contributed by atoms with Gasteiger partial charge in [0.1, 0.15) is 0 Å². The number of carboxylic acids is 1. The molecule has 0 aliphatic carbocycles. The SMILES string of the molecule is CC(C)C(C)Nc1ccc(Cl)c(C(=O)O)c1. The van der Waals surface area contributed by atoms with Gasteiger partial charge in [-0.05, 0) is 31.0 Å². The van der Waals surface area contributed by atoms with Gasteiger partial charge in [-0.2, -0.15) is 0 Å². The van der Waals surface area contributed by atoms with E-state index >= 15 is 0 Å². The van der Waals surface area contributed by atoms with Crippen LogP contribution in [0, 0.1) is 5.92 Å². The highest BCUT2D eigenvalue weighted by Gasteiger charge is 2.11. The van der Waals surface area contributed by atoms with Gasteiger partial charge in [0, 0.05) is 11.7 Å². The number of anilines is 1. The number of hydrogen-bond donors (Lipinski definition) is 2. The molecule has 0 saturated carbocycles. The van der Waals surface area contributed by atoms with Gasteiger partial charge in [-0.15, -0.1) is 0 Å². The van der Waals surface area contributed by atoms with Crippen LogP contribution in [0.2, 0.25) is 5.02 Å². The fourth-order valence-electron chi connectivity index (χ4n) is 1.21. The Morgan fingerprint density at radius 3 is 2.50 bits per heavy atom. The summed E-state index contributed by atoms with van der Waals surface area (Å²) in [7, 11) is 0. The molecule has 0 aromatic heterocycles. The number of aromatic carboxylic acids is 1. The number of nitrogens with one attached hydrogen (secondary N) is 1. The first-order valence-corrected chi connectivity index (χ1v) is 5.59. The highest BCUT2D eigenvalue weighted by atomic mass is 35.5. The Kier molecular flexibility index (Phi) is 4.19. The summed E-state index contributed by atoms with van der Waals surface area (Å²) in [6.45, 7) is 6.26. The maximum atomic E-state index is 10.9. The quantitative estimate of drug-likeness (QED) is 0.848. The van der Waals surface area contributed by atoms with Gasteiger partial charge in [0.25, 0.3) is 0 Å². The Morgan fingerprint density at radius 1 is 1.38 bits per heavy atom. The van der Waals surface area contributed by atoms with Crippen molar-refractivity contribution >= 4 is 23.3 Å². The van der Waals surface area contributed by atoms with E-state index in [1.807, 2.05) is 0 Å². The van der Waals surface area contributed by atoms with Crippen molar-refractivity contribution in [2.24, 2.45) is 5.92 Å². The molecular formula is C12H16ClNO2. The summed E-state index contributed by atoms with van der Waals surface area (Å²) >= 11 is 5.78. The van der Waals surface area contributed by atoms with Crippen LogP contribution in [0.4, 0.5) is 5.69 Å². The molecule has 0 amide bonds. The smallest absolute Gasteiger partial charge is 0.337 e. The summed E-state index contributed by atoms with van der Waals surface area (Å²) in [6.07, 6.45) is 0. The van der Waals surface area contributed by atoms with Crippen LogP contribution in [0.1, 0.15) is 31.1 Å². The summed E-state index contributed by atoms with van der Waals surface area (Å²) in [5.41, 5.74) is 0.908.